The Hall–Kier alpha value is -4.00. The zero-order valence-electron chi connectivity index (χ0n) is 18.4. The van der Waals surface area contributed by atoms with E-state index < -0.39 is 17.6 Å². The van der Waals surface area contributed by atoms with Crippen molar-refractivity contribution < 1.29 is 18.7 Å². The van der Waals surface area contributed by atoms with Gasteiger partial charge < -0.3 is 10.1 Å². The van der Waals surface area contributed by atoms with Crippen molar-refractivity contribution in [3.8, 4) is 5.75 Å². The second-order valence-electron chi connectivity index (χ2n) is 7.30. The number of halogens is 1. The number of hydrazone groups is 1. The van der Waals surface area contributed by atoms with Gasteiger partial charge in [-0.05, 0) is 60.5 Å². The molecule has 0 spiro atoms. The van der Waals surface area contributed by atoms with Crippen LogP contribution in [0.25, 0.3) is 0 Å². The summed E-state index contributed by atoms with van der Waals surface area (Å²) in [5.41, 5.74) is 3.59. The van der Waals surface area contributed by atoms with Crippen LogP contribution in [-0.2, 0) is 0 Å². The van der Waals surface area contributed by atoms with Crippen molar-refractivity contribution in [2.75, 3.05) is 11.9 Å². The van der Waals surface area contributed by atoms with Crippen LogP contribution in [0.1, 0.15) is 52.5 Å². The first-order chi connectivity index (χ1) is 16.1. The highest BCUT2D eigenvalue weighted by atomic mass is 19.1. The van der Waals surface area contributed by atoms with Gasteiger partial charge in [-0.1, -0.05) is 44.0 Å². The summed E-state index contributed by atoms with van der Waals surface area (Å²) in [5, 5.41) is 6.57. The van der Waals surface area contributed by atoms with Crippen LogP contribution in [0.15, 0.2) is 77.9 Å². The lowest BCUT2D eigenvalue weighted by atomic mass is 10.1. The molecule has 0 bridgehead atoms. The number of benzene rings is 3. The molecule has 170 valence electrons. The molecule has 0 aromatic heterocycles. The number of rotatable bonds is 10. The molecule has 0 aliphatic carbocycles. The number of para-hydroxylation sites is 1. The molecule has 0 radical (unpaired) electrons. The Morgan fingerprint density at radius 3 is 2.33 bits per heavy atom. The van der Waals surface area contributed by atoms with Gasteiger partial charge in [-0.25, -0.2) is 9.82 Å². The fraction of sp³-hybridized carbons (Fsp3) is 0.192. The van der Waals surface area contributed by atoms with Gasteiger partial charge >= 0.3 is 0 Å². The largest absolute Gasteiger partial charge is 0.494 e. The summed E-state index contributed by atoms with van der Waals surface area (Å²) in [6, 6.07) is 19.5. The first-order valence-corrected chi connectivity index (χ1v) is 10.8. The van der Waals surface area contributed by atoms with Crippen LogP contribution in [-0.4, -0.2) is 24.6 Å². The number of unbranched alkanes of at least 4 members (excludes halogenated alkanes) is 2. The number of carbonyl (C=O) groups is 2. The molecular formula is C26H26FN3O3. The zero-order chi connectivity index (χ0) is 23.5. The van der Waals surface area contributed by atoms with Gasteiger partial charge in [0, 0.05) is 0 Å². The number of hydrogen-bond donors (Lipinski definition) is 2. The second kappa shape index (κ2) is 12.1. The van der Waals surface area contributed by atoms with E-state index in [2.05, 4.69) is 22.8 Å². The summed E-state index contributed by atoms with van der Waals surface area (Å²) < 4.78 is 19.6. The van der Waals surface area contributed by atoms with Gasteiger partial charge in [-0.3, -0.25) is 9.59 Å². The van der Waals surface area contributed by atoms with Crippen molar-refractivity contribution >= 4 is 23.7 Å². The molecule has 0 unspecified atom stereocenters. The lowest BCUT2D eigenvalue weighted by Gasteiger charge is -2.10. The number of nitrogens with one attached hydrogen (secondary N) is 2. The lowest BCUT2D eigenvalue weighted by molar-refractivity contribution is 0.0956. The predicted molar refractivity (Wildman–Crippen MR) is 127 cm³/mol. The number of amides is 2. The van der Waals surface area contributed by atoms with E-state index in [-0.39, 0.29) is 16.8 Å². The van der Waals surface area contributed by atoms with Crippen LogP contribution in [0.4, 0.5) is 10.1 Å². The molecule has 0 heterocycles. The number of ether oxygens (including phenoxy) is 1. The highest BCUT2D eigenvalue weighted by molar-refractivity contribution is 6.09. The van der Waals surface area contributed by atoms with E-state index in [4.69, 9.17) is 4.74 Å². The number of nitrogens with zero attached hydrogens (tertiary/aromatic N) is 1. The predicted octanol–water partition coefficient (Wildman–Crippen LogP) is 5.41. The Morgan fingerprint density at radius 1 is 0.909 bits per heavy atom. The number of hydrogen-bond acceptors (Lipinski definition) is 4. The smallest absolute Gasteiger partial charge is 0.273 e. The molecule has 0 saturated carbocycles. The third-order valence-electron chi connectivity index (χ3n) is 4.81. The summed E-state index contributed by atoms with van der Waals surface area (Å²) in [6.45, 7) is 2.83. The van der Waals surface area contributed by atoms with E-state index in [1.165, 1.54) is 24.4 Å². The Balaban J connectivity index is 1.59. The topological polar surface area (TPSA) is 79.8 Å². The van der Waals surface area contributed by atoms with Crippen LogP contribution >= 0.6 is 0 Å². The quantitative estimate of drug-likeness (QED) is 0.248. The molecule has 2 amide bonds. The van der Waals surface area contributed by atoms with Crippen molar-refractivity contribution in [3.63, 3.8) is 0 Å². The number of anilines is 1. The molecule has 3 rings (SSSR count). The van der Waals surface area contributed by atoms with Crippen LogP contribution in [0.5, 0.6) is 5.75 Å². The molecule has 0 saturated heterocycles. The molecular weight excluding hydrogens is 421 g/mol. The van der Waals surface area contributed by atoms with E-state index in [1.54, 1.807) is 30.3 Å². The minimum atomic E-state index is -0.645. The van der Waals surface area contributed by atoms with E-state index >= 15 is 0 Å². The van der Waals surface area contributed by atoms with Gasteiger partial charge in [0.05, 0.1) is 29.6 Å². The molecule has 6 nitrogen and oxygen atoms in total. The first-order valence-electron chi connectivity index (χ1n) is 10.8. The standard InChI is InChI=1S/C26H26FN3O3/c1-2-3-8-17-33-20-15-13-19(14-16-20)18-28-30-26(32)22-10-5-7-12-24(22)29-25(31)21-9-4-6-11-23(21)27/h4-7,9-16,18H,2-3,8,17H2,1H3,(H,29,31)(H,30,32)/b28-18+. The van der Waals surface area contributed by atoms with Crippen LogP contribution in [0.3, 0.4) is 0 Å². The monoisotopic (exact) mass is 447 g/mol. The Bertz CT molecular complexity index is 1110. The fourth-order valence-electron chi connectivity index (χ4n) is 3.04. The minimum absolute atomic E-state index is 0.108. The maximum atomic E-state index is 13.9. The Kier molecular flexibility index (Phi) is 8.71. The average Bonchev–Trinajstić information content (AvgIpc) is 2.83. The molecule has 3 aromatic rings. The van der Waals surface area contributed by atoms with Gasteiger partial charge in [0.2, 0.25) is 0 Å². The summed E-state index contributed by atoms with van der Waals surface area (Å²) in [5.74, 6) is -1.01. The minimum Gasteiger partial charge on any atom is -0.494 e. The van der Waals surface area contributed by atoms with Crippen molar-refractivity contribution in [1.29, 1.82) is 0 Å². The third kappa shape index (κ3) is 7.00. The average molecular weight is 448 g/mol. The van der Waals surface area contributed by atoms with E-state index in [9.17, 15) is 14.0 Å². The van der Waals surface area contributed by atoms with Gasteiger partial charge in [-0.2, -0.15) is 5.10 Å². The molecule has 0 atom stereocenters. The Morgan fingerprint density at radius 2 is 1.61 bits per heavy atom. The summed E-state index contributed by atoms with van der Waals surface area (Å²) in [4.78, 5) is 25.0. The van der Waals surface area contributed by atoms with Crippen molar-refractivity contribution in [1.82, 2.24) is 5.43 Å². The second-order valence-corrected chi connectivity index (χ2v) is 7.30. The molecule has 0 aliphatic rings. The maximum absolute atomic E-state index is 13.9. The van der Waals surface area contributed by atoms with Crippen LogP contribution in [0.2, 0.25) is 0 Å². The van der Waals surface area contributed by atoms with Gasteiger partial charge in [0.1, 0.15) is 11.6 Å². The van der Waals surface area contributed by atoms with Crippen molar-refractivity contribution in [2.24, 2.45) is 5.10 Å². The molecule has 0 aliphatic heterocycles. The first kappa shape index (κ1) is 23.7. The normalized spacial score (nSPS) is 10.7. The maximum Gasteiger partial charge on any atom is 0.273 e. The zero-order valence-corrected chi connectivity index (χ0v) is 18.4. The van der Waals surface area contributed by atoms with Crippen LogP contribution in [0, 0.1) is 5.82 Å². The molecule has 7 heteroatoms. The lowest BCUT2D eigenvalue weighted by Crippen LogP contribution is -2.21. The molecule has 3 aromatic carbocycles. The molecule has 33 heavy (non-hydrogen) atoms. The Labute approximate surface area is 192 Å². The van der Waals surface area contributed by atoms with E-state index in [0.717, 1.165) is 30.6 Å². The third-order valence-corrected chi connectivity index (χ3v) is 4.81. The summed E-state index contributed by atoms with van der Waals surface area (Å²) in [7, 11) is 0. The summed E-state index contributed by atoms with van der Waals surface area (Å²) in [6.07, 6.45) is 4.82. The molecule has 0 fully saturated rings. The molecule has 2 N–H and O–H groups in total. The number of carbonyl (C=O) groups excluding carboxylic acids is 2. The fourth-order valence-corrected chi connectivity index (χ4v) is 3.04. The van der Waals surface area contributed by atoms with Crippen molar-refractivity contribution in [3.05, 3.63) is 95.3 Å². The van der Waals surface area contributed by atoms with Crippen LogP contribution < -0.4 is 15.5 Å². The van der Waals surface area contributed by atoms with E-state index in [1.807, 2.05) is 24.3 Å². The van der Waals surface area contributed by atoms with Gasteiger partial charge in [0.25, 0.3) is 11.8 Å². The SMILES string of the molecule is CCCCCOc1ccc(/C=N/NC(=O)c2ccccc2NC(=O)c2ccccc2F)cc1. The highest BCUT2D eigenvalue weighted by Gasteiger charge is 2.15. The van der Waals surface area contributed by atoms with Gasteiger partial charge in [-0.15, -0.1) is 0 Å². The van der Waals surface area contributed by atoms with Crippen molar-refractivity contribution in [2.45, 2.75) is 26.2 Å². The van der Waals surface area contributed by atoms with Gasteiger partial charge in [0.15, 0.2) is 0 Å². The summed E-state index contributed by atoms with van der Waals surface area (Å²) >= 11 is 0. The highest BCUT2D eigenvalue weighted by Crippen LogP contribution is 2.17. The van der Waals surface area contributed by atoms with E-state index in [0.29, 0.717) is 6.61 Å².